The van der Waals surface area contributed by atoms with Gasteiger partial charge in [-0.25, -0.2) is 24.7 Å². The standard InChI is InChI=1S/C32H36F3N7O4/c1-41(18-30(19-45-2)8-5-9-30)24-15-22(20-6-4-7-21(14-20)32(33,34)35)38-28-26(24)39-27(40-28)23-16-37-25(17-36-23)42-12-10-31(44,11-13-42)29(43)46-3/h4,6-7,14-17,44H,5,8-13,18-19H2,1-3H3,(H,38,39,40). The number of hydrogen-bond acceptors (Lipinski definition) is 10. The number of aromatic nitrogens is 5. The number of anilines is 2. The molecule has 1 aliphatic heterocycles. The highest BCUT2D eigenvalue weighted by atomic mass is 19.4. The van der Waals surface area contributed by atoms with E-state index in [4.69, 9.17) is 14.5 Å². The Hall–Kier alpha value is -4.30. The average molecular weight is 640 g/mol. The summed E-state index contributed by atoms with van der Waals surface area (Å²) in [6, 6.07) is 6.91. The first-order chi connectivity index (χ1) is 21.9. The SMILES string of the molecule is COCC1(CN(C)c2cc(-c3cccc(C(F)(F)F)c3)nc3nc(-c4cnc(N5CCC(O)(C(=O)OC)CC5)cn4)[nH]c23)CCC1. The minimum absolute atomic E-state index is 0.0133. The Morgan fingerprint density at radius 1 is 1.07 bits per heavy atom. The lowest BCUT2D eigenvalue weighted by Gasteiger charge is -2.44. The lowest BCUT2D eigenvalue weighted by atomic mass is 9.69. The predicted molar refractivity (Wildman–Crippen MR) is 165 cm³/mol. The van der Waals surface area contributed by atoms with Crippen LogP contribution in [-0.2, 0) is 20.4 Å². The first-order valence-corrected chi connectivity index (χ1v) is 15.1. The van der Waals surface area contributed by atoms with Crippen molar-refractivity contribution in [3.63, 3.8) is 0 Å². The molecule has 0 amide bonds. The number of imidazole rings is 1. The Morgan fingerprint density at radius 3 is 2.43 bits per heavy atom. The first kappa shape index (κ1) is 31.7. The van der Waals surface area contributed by atoms with Gasteiger partial charge in [0.1, 0.15) is 17.0 Å². The number of aromatic amines is 1. The third-order valence-electron chi connectivity index (χ3n) is 9.14. The number of carbonyl (C=O) groups is 1. The van der Waals surface area contributed by atoms with Crippen LogP contribution >= 0.6 is 0 Å². The average Bonchev–Trinajstić information content (AvgIpc) is 3.47. The molecular formula is C32H36F3N7O4. The highest BCUT2D eigenvalue weighted by Crippen LogP contribution is 2.43. The van der Waals surface area contributed by atoms with E-state index >= 15 is 0 Å². The highest BCUT2D eigenvalue weighted by molar-refractivity contribution is 5.91. The van der Waals surface area contributed by atoms with E-state index in [0.717, 1.165) is 37.1 Å². The lowest BCUT2D eigenvalue weighted by molar-refractivity contribution is -0.164. The second-order valence-electron chi connectivity index (χ2n) is 12.3. The van der Waals surface area contributed by atoms with Crippen LogP contribution in [0, 0.1) is 5.41 Å². The van der Waals surface area contributed by atoms with Crippen molar-refractivity contribution in [2.24, 2.45) is 5.41 Å². The largest absolute Gasteiger partial charge is 0.467 e. The minimum Gasteiger partial charge on any atom is -0.467 e. The van der Waals surface area contributed by atoms with Crippen molar-refractivity contribution in [3.8, 4) is 22.8 Å². The second-order valence-corrected chi connectivity index (χ2v) is 12.3. The maximum absolute atomic E-state index is 13.6. The number of nitrogens with one attached hydrogen (secondary N) is 1. The molecule has 11 nitrogen and oxygen atoms in total. The van der Waals surface area contributed by atoms with E-state index in [9.17, 15) is 23.1 Å². The number of benzene rings is 1. The molecule has 0 radical (unpaired) electrons. The molecule has 1 aliphatic carbocycles. The third-order valence-corrected chi connectivity index (χ3v) is 9.14. The van der Waals surface area contributed by atoms with Crippen LogP contribution in [0.5, 0.6) is 0 Å². The smallest absolute Gasteiger partial charge is 0.416 e. The highest BCUT2D eigenvalue weighted by Gasteiger charge is 2.41. The number of alkyl halides is 3. The van der Waals surface area contributed by atoms with Gasteiger partial charge in [-0.2, -0.15) is 13.2 Å². The molecule has 0 spiro atoms. The normalized spacial score (nSPS) is 17.5. The van der Waals surface area contributed by atoms with Gasteiger partial charge in [-0.15, -0.1) is 0 Å². The molecular weight excluding hydrogens is 603 g/mol. The van der Waals surface area contributed by atoms with Crippen molar-refractivity contribution in [2.45, 2.75) is 43.9 Å². The van der Waals surface area contributed by atoms with Gasteiger partial charge in [-0.05, 0) is 31.0 Å². The molecule has 14 heteroatoms. The number of esters is 1. The second kappa shape index (κ2) is 12.1. The summed E-state index contributed by atoms with van der Waals surface area (Å²) in [4.78, 5) is 37.8. The van der Waals surface area contributed by atoms with Crippen LogP contribution in [0.3, 0.4) is 0 Å². The van der Waals surface area contributed by atoms with Crippen LogP contribution in [-0.4, -0.2) is 89.1 Å². The Labute approximate surface area is 263 Å². The molecule has 1 aromatic carbocycles. The lowest BCUT2D eigenvalue weighted by Crippen LogP contribution is -2.50. The van der Waals surface area contributed by atoms with Gasteiger partial charge < -0.3 is 29.4 Å². The van der Waals surface area contributed by atoms with Crippen LogP contribution in [0.1, 0.15) is 37.7 Å². The number of aliphatic hydroxyl groups is 1. The number of carbonyl (C=O) groups excluding carboxylic acids is 1. The number of halogens is 3. The number of piperidine rings is 1. The molecule has 4 heterocycles. The fraction of sp³-hybridized carbons (Fsp3) is 0.469. The summed E-state index contributed by atoms with van der Waals surface area (Å²) in [6.07, 6.45) is 2.26. The van der Waals surface area contributed by atoms with Gasteiger partial charge in [0.05, 0.1) is 43.1 Å². The zero-order chi connectivity index (χ0) is 32.7. The molecule has 244 valence electrons. The van der Waals surface area contributed by atoms with Crippen molar-refractivity contribution in [1.82, 2.24) is 24.9 Å². The molecule has 1 saturated heterocycles. The van der Waals surface area contributed by atoms with Crippen molar-refractivity contribution < 1.29 is 32.5 Å². The van der Waals surface area contributed by atoms with E-state index in [1.807, 2.05) is 11.9 Å². The Bertz CT molecular complexity index is 1720. The van der Waals surface area contributed by atoms with E-state index in [1.165, 1.54) is 13.2 Å². The number of nitrogens with zero attached hydrogens (tertiary/aromatic N) is 6. The van der Waals surface area contributed by atoms with Crippen molar-refractivity contribution >= 4 is 28.6 Å². The third kappa shape index (κ3) is 6.10. The van der Waals surface area contributed by atoms with Crippen LogP contribution in [0.25, 0.3) is 33.9 Å². The van der Waals surface area contributed by atoms with Crippen LogP contribution in [0.2, 0.25) is 0 Å². The number of hydrogen-bond donors (Lipinski definition) is 2. The fourth-order valence-corrected chi connectivity index (χ4v) is 6.42. The summed E-state index contributed by atoms with van der Waals surface area (Å²) in [6.45, 7) is 2.09. The number of methoxy groups -OCH3 is 2. The molecule has 3 aromatic heterocycles. The summed E-state index contributed by atoms with van der Waals surface area (Å²) in [7, 11) is 4.90. The molecule has 4 aromatic rings. The first-order valence-electron chi connectivity index (χ1n) is 15.1. The van der Waals surface area contributed by atoms with Crippen molar-refractivity contribution in [1.29, 1.82) is 0 Å². The monoisotopic (exact) mass is 639 g/mol. The Kier molecular flexibility index (Phi) is 8.36. The van der Waals surface area contributed by atoms with E-state index in [-0.39, 0.29) is 18.3 Å². The number of rotatable bonds is 9. The van der Waals surface area contributed by atoms with Gasteiger partial charge in [-0.1, -0.05) is 18.6 Å². The maximum Gasteiger partial charge on any atom is 0.416 e. The summed E-state index contributed by atoms with van der Waals surface area (Å²) in [5, 5.41) is 10.6. The Balaban J connectivity index is 1.33. The number of ether oxygens (including phenoxy) is 2. The van der Waals surface area contributed by atoms with Gasteiger partial charge in [0.25, 0.3) is 0 Å². The molecule has 2 aliphatic rings. The van der Waals surface area contributed by atoms with E-state index in [0.29, 0.717) is 66.0 Å². The minimum atomic E-state index is -4.49. The molecule has 1 saturated carbocycles. The number of pyridine rings is 1. The molecule has 6 rings (SSSR count). The van der Waals surface area contributed by atoms with Gasteiger partial charge in [0.2, 0.25) is 0 Å². The summed E-state index contributed by atoms with van der Waals surface area (Å²) >= 11 is 0. The molecule has 2 fully saturated rings. The van der Waals surface area contributed by atoms with Gasteiger partial charge in [0, 0.05) is 57.6 Å². The fourth-order valence-electron chi connectivity index (χ4n) is 6.42. The Morgan fingerprint density at radius 2 is 1.83 bits per heavy atom. The number of fused-ring (bicyclic) bond motifs is 1. The molecule has 0 bridgehead atoms. The van der Waals surface area contributed by atoms with Crippen molar-refractivity contribution in [3.05, 3.63) is 48.3 Å². The summed E-state index contributed by atoms with van der Waals surface area (Å²) < 4.78 is 51.0. The molecule has 0 unspecified atom stereocenters. The van der Waals surface area contributed by atoms with Crippen molar-refractivity contribution in [2.75, 3.05) is 57.3 Å². The summed E-state index contributed by atoms with van der Waals surface area (Å²) in [5.74, 6) is 0.349. The topological polar surface area (TPSA) is 130 Å². The zero-order valence-electron chi connectivity index (χ0n) is 25.9. The number of H-pyrrole nitrogens is 1. The maximum atomic E-state index is 13.6. The predicted octanol–water partition coefficient (Wildman–Crippen LogP) is 4.86. The van der Waals surface area contributed by atoms with Crippen LogP contribution in [0.15, 0.2) is 42.7 Å². The van der Waals surface area contributed by atoms with Gasteiger partial charge in [0.15, 0.2) is 17.1 Å². The molecule has 46 heavy (non-hydrogen) atoms. The zero-order valence-corrected chi connectivity index (χ0v) is 25.9. The van der Waals surface area contributed by atoms with Gasteiger partial charge >= 0.3 is 12.1 Å². The van der Waals surface area contributed by atoms with Crippen LogP contribution in [0.4, 0.5) is 24.7 Å². The molecule has 2 N–H and O–H groups in total. The summed E-state index contributed by atoms with van der Waals surface area (Å²) in [5.41, 5.74) is 0.581. The van der Waals surface area contributed by atoms with Gasteiger partial charge in [-0.3, -0.25) is 0 Å². The van der Waals surface area contributed by atoms with Crippen LogP contribution < -0.4 is 9.80 Å². The van der Waals surface area contributed by atoms with E-state index < -0.39 is 23.3 Å². The quantitative estimate of drug-likeness (QED) is 0.245. The van der Waals surface area contributed by atoms with E-state index in [2.05, 4.69) is 24.8 Å². The van der Waals surface area contributed by atoms with E-state index in [1.54, 1.807) is 31.6 Å². The molecule has 0 atom stereocenters.